The molecule has 3 aromatic heterocycles. The summed E-state index contributed by atoms with van der Waals surface area (Å²) in [6.45, 7) is 7.97. The highest BCUT2D eigenvalue weighted by atomic mass is 35.5. The third-order valence-corrected chi connectivity index (χ3v) is 17.7. The topological polar surface area (TPSA) is 336 Å². The molecule has 103 heavy (non-hydrogen) atoms. The molecule has 1 saturated heterocycles. The predicted molar refractivity (Wildman–Crippen MR) is 378 cm³/mol. The van der Waals surface area contributed by atoms with Crippen molar-refractivity contribution < 1.29 is 60.9 Å². The molecule has 0 saturated carbocycles. The van der Waals surface area contributed by atoms with Crippen molar-refractivity contribution in [1.29, 1.82) is 0 Å². The number of anilines is 4. The van der Waals surface area contributed by atoms with Crippen molar-refractivity contribution in [3.8, 4) is 80.5 Å². The van der Waals surface area contributed by atoms with Crippen LogP contribution in [-0.2, 0) is 14.4 Å². The van der Waals surface area contributed by atoms with Crippen LogP contribution in [0.3, 0.4) is 0 Å². The van der Waals surface area contributed by atoms with Crippen LogP contribution in [0.4, 0.5) is 40.7 Å². The lowest BCUT2D eigenvalue weighted by Gasteiger charge is -2.37. The molecular weight excluding hydrogens is 1350 g/mol. The molecule has 9 aromatic rings. The number of carbonyl (C=O) groups excluding carboxylic acids is 6. The number of aliphatic hydroxyl groups excluding tert-OH is 1. The lowest BCUT2D eigenvalue weighted by atomic mass is 9.87. The predicted octanol–water partition coefficient (Wildman–Crippen LogP) is 10.4. The van der Waals surface area contributed by atoms with Crippen LogP contribution in [0.1, 0.15) is 93.8 Å². The van der Waals surface area contributed by atoms with E-state index in [9.17, 15) is 46.3 Å². The van der Waals surface area contributed by atoms with Gasteiger partial charge in [-0.15, -0.1) is 0 Å². The number of fused-ring (bicyclic) bond motifs is 3. The Labute approximate surface area is 592 Å². The standard InChI is InChI=1S/C28H29N5O4.C24H21F2N5O3.C22H18ClF2N5O2/c29-27(36)25-26(20-8-10-22(11-9-20)37-21-5-2-1-3-6-21)31-33-23(12-15-30-28(25)33)19-13-16-32(17-14-19)24(35)7-4-18-34;1-2-3-20(32)29-13-16-10-11-28-24-21(23(27)33)22(30-31(16)24)14-4-7-17(8-5-14)34-19-9-6-15(25)12-18(19)26;1-2-17(31)28-15-6-4-3-5-12(15)16-7-8-27-22-18(21(26)32)20(29-30(16)22)11-9-13(23)19(25)14(24)10-11/h1-3,5-6,8-11,19,23,30,34H,12-18H2,(H2,29,36);4-9,12,16,28H,10-11,13H2,1H3,(H2,27,33)(H,29,32);2-6,9-10,16,27H,1,7-8H2,(H2,26,32)(H,28,31)/t23-;;/m0../s1. The fourth-order valence-electron chi connectivity index (χ4n) is 12.6. The number of aromatic nitrogens is 6. The lowest BCUT2D eigenvalue weighted by Crippen LogP contribution is -2.41. The molecule has 6 amide bonds. The van der Waals surface area contributed by atoms with E-state index in [-0.39, 0.29) is 71.2 Å². The number of primary amides is 3. The molecule has 29 heteroatoms. The number of aliphatic hydroxyl groups is 1. The van der Waals surface area contributed by atoms with Crippen molar-refractivity contribution in [2.75, 3.05) is 67.1 Å². The van der Waals surface area contributed by atoms with Gasteiger partial charge in [-0.05, 0) is 154 Å². The van der Waals surface area contributed by atoms with E-state index in [2.05, 4.69) is 67.0 Å². The zero-order valence-corrected chi connectivity index (χ0v) is 56.0. The van der Waals surface area contributed by atoms with Crippen molar-refractivity contribution in [3.05, 3.63) is 197 Å². The summed E-state index contributed by atoms with van der Waals surface area (Å²) in [5.41, 5.74) is 21.5. The molecule has 0 spiro atoms. The van der Waals surface area contributed by atoms with Gasteiger partial charge in [-0.2, -0.15) is 15.3 Å². The number of ether oxygens (including phenoxy) is 2. The number of halogens is 5. The van der Waals surface area contributed by atoms with Gasteiger partial charge >= 0.3 is 0 Å². The molecule has 0 radical (unpaired) electrons. The van der Waals surface area contributed by atoms with Gasteiger partial charge in [-0.25, -0.2) is 31.6 Å². The number of para-hydroxylation sites is 2. The third-order valence-electron chi connectivity index (χ3n) is 17.4. The Balaban J connectivity index is 0.000000155. The van der Waals surface area contributed by atoms with Crippen molar-refractivity contribution in [2.24, 2.45) is 23.1 Å². The number of nitrogens with zero attached hydrogens (tertiary/aromatic N) is 7. The number of likely N-dealkylation sites (tertiary alicyclic amines) is 1. The van der Waals surface area contributed by atoms with Gasteiger partial charge in [0.05, 0.1) is 23.1 Å². The first-order valence-corrected chi connectivity index (χ1v) is 32.9. The fraction of sp³-hybridized carbons (Fsp3) is 0.230. The molecule has 2 unspecified atom stereocenters. The summed E-state index contributed by atoms with van der Waals surface area (Å²) < 4.78 is 71.2. The molecular formula is C74H68ClF4N15O9. The highest BCUT2D eigenvalue weighted by Gasteiger charge is 2.37. The second-order valence-corrected chi connectivity index (χ2v) is 24.3. The zero-order chi connectivity index (χ0) is 73.0. The molecule has 4 aliphatic rings. The summed E-state index contributed by atoms with van der Waals surface area (Å²) >= 11 is 5.81. The van der Waals surface area contributed by atoms with E-state index in [0.717, 1.165) is 60.4 Å². The van der Waals surface area contributed by atoms with Gasteiger partial charge in [0, 0.05) is 73.3 Å². The molecule has 4 aliphatic heterocycles. The van der Waals surface area contributed by atoms with E-state index >= 15 is 0 Å². The minimum absolute atomic E-state index is 0.0318. The van der Waals surface area contributed by atoms with Crippen LogP contribution < -0.4 is 53.3 Å². The van der Waals surface area contributed by atoms with E-state index in [1.165, 1.54) is 12.1 Å². The van der Waals surface area contributed by atoms with E-state index in [4.69, 9.17) is 48.5 Å². The molecule has 6 aromatic carbocycles. The monoisotopic (exact) mass is 1420 g/mol. The molecule has 528 valence electrons. The van der Waals surface area contributed by atoms with Gasteiger partial charge in [0.2, 0.25) is 5.91 Å². The van der Waals surface area contributed by atoms with Gasteiger partial charge in [0.25, 0.3) is 29.5 Å². The maximum atomic E-state index is 14.0. The maximum Gasteiger partial charge on any atom is 0.298 e. The van der Waals surface area contributed by atoms with Crippen LogP contribution in [0.2, 0.25) is 5.02 Å². The first kappa shape index (κ1) is 71.9. The smallest absolute Gasteiger partial charge is 0.298 e. The van der Waals surface area contributed by atoms with Gasteiger partial charge in [0.15, 0.2) is 23.2 Å². The zero-order valence-electron chi connectivity index (χ0n) is 55.2. The summed E-state index contributed by atoms with van der Waals surface area (Å²) in [6, 6.07) is 35.3. The Morgan fingerprint density at radius 1 is 0.641 bits per heavy atom. The second-order valence-electron chi connectivity index (χ2n) is 23.9. The summed E-state index contributed by atoms with van der Waals surface area (Å²) in [5, 5.41) is 37.5. The van der Waals surface area contributed by atoms with Gasteiger partial charge in [-0.1, -0.05) is 66.4 Å². The van der Waals surface area contributed by atoms with Crippen molar-refractivity contribution in [3.63, 3.8) is 0 Å². The number of nitrogens with two attached hydrogens (primary N) is 3. The maximum absolute atomic E-state index is 14.0. The number of piperidine rings is 1. The Hall–Kier alpha value is -12.4. The van der Waals surface area contributed by atoms with Gasteiger partial charge < -0.3 is 63.3 Å². The molecule has 0 bridgehead atoms. The van der Waals surface area contributed by atoms with E-state index in [0.29, 0.717) is 109 Å². The number of hydrogen-bond donors (Lipinski definition) is 9. The van der Waals surface area contributed by atoms with Crippen molar-refractivity contribution >= 4 is 70.2 Å². The summed E-state index contributed by atoms with van der Waals surface area (Å²) in [7, 11) is 0. The summed E-state index contributed by atoms with van der Waals surface area (Å²) in [5.74, 6) is 6.37. The van der Waals surface area contributed by atoms with Crippen LogP contribution in [0.25, 0.3) is 33.8 Å². The van der Waals surface area contributed by atoms with Crippen LogP contribution in [0.5, 0.6) is 23.0 Å². The van der Waals surface area contributed by atoms with Crippen LogP contribution in [-0.4, -0.2) is 121 Å². The molecule has 1 fully saturated rings. The Bertz CT molecular complexity index is 4840. The highest BCUT2D eigenvalue weighted by molar-refractivity contribution is 6.31. The number of hydrogen-bond acceptors (Lipinski definition) is 15. The van der Waals surface area contributed by atoms with E-state index in [1.807, 2.05) is 71.4 Å². The quantitative estimate of drug-likeness (QED) is 0.0188. The highest BCUT2D eigenvalue weighted by Crippen LogP contribution is 2.43. The van der Waals surface area contributed by atoms with E-state index in [1.54, 1.807) is 57.6 Å². The van der Waals surface area contributed by atoms with Crippen LogP contribution >= 0.6 is 11.6 Å². The SMILES string of the molecule is C=CC(=O)Nc1ccccc1C1CCNc2c(C(N)=O)c(-c3cc(F)c(F)c(Cl)c3)nn21.CC#CC(=O)NCC1CCNc2c(C(N)=O)c(-c3ccc(Oc4ccc(F)cc4F)cc3)nn21.NC(=O)c1c(-c2ccc(Oc3ccccc3)cc2)nn2c1NCC[C@H]2C1CCN(C(=O)C#CCO)CC1. The lowest BCUT2D eigenvalue weighted by molar-refractivity contribution is -0.126. The number of rotatable bonds is 16. The average molecular weight is 1420 g/mol. The first-order chi connectivity index (χ1) is 49.7. The molecule has 7 heterocycles. The largest absolute Gasteiger partial charge is 0.457 e. The molecule has 3 atom stereocenters. The Kier molecular flexibility index (Phi) is 22.5. The average Bonchev–Trinajstić information content (AvgIpc) is 1.62. The van der Waals surface area contributed by atoms with Crippen molar-refractivity contribution in [1.82, 2.24) is 39.6 Å². The molecule has 12 N–H and O–H groups in total. The molecule has 24 nitrogen and oxygen atoms in total. The van der Waals surface area contributed by atoms with Crippen molar-refractivity contribution in [2.45, 2.75) is 57.2 Å². The van der Waals surface area contributed by atoms with Gasteiger partial charge in [-0.3, -0.25) is 28.8 Å². The number of carbonyl (C=O) groups is 6. The number of benzene rings is 6. The number of nitrogens with one attached hydrogen (secondary N) is 5. The normalized spacial score (nSPS) is 15.5. The Morgan fingerprint density at radius 3 is 1.80 bits per heavy atom. The second kappa shape index (κ2) is 32.3. The minimum Gasteiger partial charge on any atom is -0.457 e. The Morgan fingerprint density at radius 2 is 1.19 bits per heavy atom. The van der Waals surface area contributed by atoms with E-state index < -0.39 is 51.9 Å². The third kappa shape index (κ3) is 16.3. The summed E-state index contributed by atoms with van der Waals surface area (Å²) in [6.07, 6.45) is 4.88. The fourth-order valence-corrected chi connectivity index (χ4v) is 12.9. The van der Waals surface area contributed by atoms with Crippen LogP contribution in [0.15, 0.2) is 146 Å². The van der Waals surface area contributed by atoms with Gasteiger partial charge in [0.1, 0.15) is 80.9 Å². The first-order valence-electron chi connectivity index (χ1n) is 32.6. The molecule has 13 rings (SSSR count). The van der Waals surface area contributed by atoms with Crippen LogP contribution in [0, 0.1) is 52.9 Å². The summed E-state index contributed by atoms with van der Waals surface area (Å²) in [4.78, 5) is 74.7. The molecule has 0 aliphatic carbocycles. The minimum atomic E-state index is -1.19. The number of amides is 6.